The van der Waals surface area contributed by atoms with Gasteiger partial charge in [-0.1, -0.05) is 74.5 Å². The summed E-state index contributed by atoms with van der Waals surface area (Å²) in [4.78, 5) is 60.5. The molecule has 2 aliphatic heterocycles. The molecule has 11 heteroatoms. The van der Waals surface area contributed by atoms with Crippen LogP contribution >= 0.6 is 0 Å². The van der Waals surface area contributed by atoms with Crippen LogP contribution in [0.4, 0.5) is 0 Å². The highest BCUT2D eigenvalue weighted by atomic mass is 16.4. The number of carboxylic acid groups (broad SMARTS) is 1. The maximum atomic E-state index is 13.4. The Labute approximate surface area is 391 Å². The maximum Gasteiger partial charge on any atom is 0.303 e. The van der Waals surface area contributed by atoms with E-state index in [0.29, 0.717) is 50.0 Å². The van der Waals surface area contributed by atoms with E-state index in [1.807, 2.05) is 79.7 Å². The number of carbonyl (C=O) groups is 3. The number of nitrogens with one attached hydrogen (secondary N) is 4. The van der Waals surface area contributed by atoms with Crippen molar-refractivity contribution in [2.45, 2.75) is 91.9 Å². The summed E-state index contributed by atoms with van der Waals surface area (Å²) in [5, 5.41) is 17.6. The van der Waals surface area contributed by atoms with Gasteiger partial charge in [-0.25, -0.2) is 15.0 Å². The Morgan fingerprint density at radius 1 is 0.582 bits per heavy atom. The number of hydrogen-bond acceptors (Lipinski definition) is 6. The molecule has 8 bridgehead atoms. The predicted octanol–water partition coefficient (Wildman–Crippen LogP) is 12.3. The molecule has 2 aromatic carbocycles. The monoisotopic (exact) mass is 893 g/mol. The maximum absolute atomic E-state index is 13.4. The highest BCUT2D eigenvalue weighted by Crippen LogP contribution is 2.38. The lowest BCUT2D eigenvalue weighted by atomic mass is 9.97. The van der Waals surface area contributed by atoms with Crippen LogP contribution in [0.2, 0.25) is 0 Å². The van der Waals surface area contributed by atoms with Crippen molar-refractivity contribution >= 4 is 96.1 Å². The summed E-state index contributed by atoms with van der Waals surface area (Å²) in [7, 11) is 0. The van der Waals surface area contributed by atoms with Gasteiger partial charge in [-0.2, -0.15) is 0 Å². The van der Waals surface area contributed by atoms with Crippen molar-refractivity contribution in [3.8, 4) is 0 Å². The van der Waals surface area contributed by atoms with Crippen LogP contribution in [0.1, 0.15) is 133 Å². The molecule has 0 fully saturated rings. The number of rotatable bonds is 18. The predicted molar refractivity (Wildman–Crippen MR) is 274 cm³/mol. The third kappa shape index (κ3) is 9.92. The van der Waals surface area contributed by atoms with Crippen LogP contribution < -0.4 is 10.6 Å². The number of aliphatic carboxylic acids is 1. The van der Waals surface area contributed by atoms with E-state index in [4.69, 9.17) is 15.0 Å². The minimum Gasteiger partial charge on any atom is -0.481 e. The number of carboxylic acids is 1. The third-order valence-corrected chi connectivity index (χ3v) is 13.2. The summed E-state index contributed by atoms with van der Waals surface area (Å²) in [6, 6.07) is 23.7. The lowest BCUT2D eigenvalue weighted by Crippen LogP contribution is -2.25. The van der Waals surface area contributed by atoms with Crippen molar-refractivity contribution in [2.75, 3.05) is 13.1 Å². The molecule has 11 nitrogen and oxygen atoms in total. The molecule has 342 valence electrons. The minimum absolute atomic E-state index is 0.0180. The van der Waals surface area contributed by atoms with Crippen LogP contribution in [0.25, 0.3) is 78.3 Å². The normalized spacial score (nSPS) is 12.5. The minimum atomic E-state index is -0.865. The van der Waals surface area contributed by atoms with Crippen LogP contribution in [0.3, 0.4) is 0 Å². The van der Waals surface area contributed by atoms with Crippen molar-refractivity contribution in [3.63, 3.8) is 0 Å². The first-order chi connectivity index (χ1) is 32.4. The summed E-state index contributed by atoms with van der Waals surface area (Å²) >= 11 is 0. The first kappa shape index (κ1) is 46.1. The molecule has 0 unspecified atom stereocenters. The van der Waals surface area contributed by atoms with Gasteiger partial charge in [-0.15, -0.1) is 0 Å². The van der Waals surface area contributed by atoms with Crippen molar-refractivity contribution in [1.82, 2.24) is 35.6 Å². The molecule has 0 saturated heterocycles. The van der Waals surface area contributed by atoms with Crippen LogP contribution in [0.15, 0.2) is 86.0 Å². The zero-order valence-electron chi connectivity index (χ0n) is 39.0. The number of para-hydroxylation sites is 2. The van der Waals surface area contributed by atoms with Gasteiger partial charge in [0.25, 0.3) is 5.91 Å². The van der Waals surface area contributed by atoms with Crippen molar-refractivity contribution in [2.24, 2.45) is 0 Å². The second kappa shape index (κ2) is 20.4. The van der Waals surface area contributed by atoms with Crippen LogP contribution in [-0.2, 0) is 9.59 Å². The van der Waals surface area contributed by atoms with Crippen LogP contribution in [0.5, 0.6) is 0 Å². The molecule has 5 N–H and O–H groups in total. The fourth-order valence-corrected chi connectivity index (χ4v) is 9.42. The quantitative estimate of drug-likeness (QED) is 0.0423. The average molecular weight is 894 g/mol. The van der Waals surface area contributed by atoms with Crippen molar-refractivity contribution in [3.05, 3.63) is 137 Å². The van der Waals surface area contributed by atoms with E-state index in [0.717, 1.165) is 138 Å². The first-order valence-corrected chi connectivity index (χ1v) is 23.4. The summed E-state index contributed by atoms with van der Waals surface area (Å²) in [6.07, 6.45) is 10.3. The number of fused-ring (bicyclic) bond motifs is 10. The van der Waals surface area contributed by atoms with Gasteiger partial charge in [0, 0.05) is 69.9 Å². The first-order valence-electron chi connectivity index (χ1n) is 23.4. The number of benzene rings is 2. The fourth-order valence-electron chi connectivity index (χ4n) is 9.42. The topological polar surface area (TPSA) is 166 Å². The Kier molecular flexibility index (Phi) is 14.1. The second-order valence-electron chi connectivity index (χ2n) is 17.6. The van der Waals surface area contributed by atoms with Gasteiger partial charge in [-0.05, 0) is 136 Å². The van der Waals surface area contributed by atoms with Gasteiger partial charge in [0.2, 0.25) is 5.91 Å². The molecule has 0 aliphatic carbocycles. The van der Waals surface area contributed by atoms with E-state index >= 15 is 0 Å². The summed E-state index contributed by atoms with van der Waals surface area (Å²) in [5.41, 5.74) is 17.1. The lowest BCUT2D eigenvalue weighted by molar-refractivity contribution is -0.136. The number of aryl methyl sites for hydroxylation is 2. The molecule has 6 aromatic rings. The lowest BCUT2D eigenvalue weighted by Gasteiger charge is -2.11. The number of allylic oxidation sites excluding steroid dienone is 4. The van der Waals surface area contributed by atoms with Gasteiger partial charge >= 0.3 is 5.97 Å². The summed E-state index contributed by atoms with van der Waals surface area (Å²) < 4.78 is 0. The third-order valence-electron chi connectivity index (χ3n) is 13.2. The number of amides is 2. The van der Waals surface area contributed by atoms with Crippen LogP contribution in [0, 0.1) is 13.8 Å². The molecule has 8 rings (SSSR count). The molecule has 67 heavy (non-hydrogen) atoms. The molecule has 6 heterocycles. The Morgan fingerprint density at radius 2 is 1.10 bits per heavy atom. The molecule has 0 atom stereocenters. The number of nitrogens with zero attached hydrogens (tertiary/aromatic N) is 3. The molecule has 2 amide bonds. The highest BCUT2D eigenvalue weighted by molar-refractivity contribution is 6.16. The van der Waals surface area contributed by atoms with Gasteiger partial charge in [-0.3, -0.25) is 14.4 Å². The van der Waals surface area contributed by atoms with Gasteiger partial charge in [0.1, 0.15) is 0 Å². The summed E-state index contributed by atoms with van der Waals surface area (Å²) in [5.74, 6) is -0.911. The number of pyridine rings is 1. The number of H-pyrrole nitrogens is 2. The van der Waals surface area contributed by atoms with Crippen LogP contribution in [-0.4, -0.2) is 60.9 Å². The van der Waals surface area contributed by atoms with E-state index in [1.165, 1.54) is 0 Å². The Balaban J connectivity index is 0.912. The van der Waals surface area contributed by atoms with E-state index in [-0.39, 0.29) is 18.2 Å². The number of aromatic amines is 2. The number of aromatic nitrogens is 5. The molecule has 0 radical (unpaired) electrons. The number of hydrogen-bond donors (Lipinski definition) is 5. The highest BCUT2D eigenvalue weighted by Gasteiger charge is 2.23. The Bertz CT molecular complexity index is 3150. The SMILES string of the molecule is C=Cc1c(C)c2cc3[nH]c(cc4nc(cc5nc(cc1[nH]2)C(C)=C5CCC(=O)O)C(CCCCC(=O)NCCCCCCNC(=O)c1c2ccccc2nc2ccccc12)=C4C)c(C)c3C=C. The number of unbranched alkanes of at least 4 members (excludes halogenated alkanes) is 4. The van der Waals surface area contributed by atoms with E-state index in [1.54, 1.807) is 0 Å². The smallest absolute Gasteiger partial charge is 0.303 e. The zero-order valence-corrected chi connectivity index (χ0v) is 39.0. The van der Waals surface area contributed by atoms with E-state index in [2.05, 4.69) is 66.7 Å². The molecule has 0 spiro atoms. The number of carbonyl (C=O) groups excluding carboxylic acids is 2. The van der Waals surface area contributed by atoms with Crippen molar-refractivity contribution < 1.29 is 19.5 Å². The average Bonchev–Trinajstić information content (AvgIpc) is 3.98. The van der Waals surface area contributed by atoms with Crippen molar-refractivity contribution in [1.29, 1.82) is 0 Å². The molecular formula is C56H59N7O4. The Morgan fingerprint density at radius 3 is 1.69 bits per heavy atom. The second-order valence-corrected chi connectivity index (χ2v) is 17.6. The molecule has 0 saturated carbocycles. The van der Waals surface area contributed by atoms with Gasteiger partial charge < -0.3 is 25.7 Å². The summed E-state index contributed by atoms with van der Waals surface area (Å²) in [6.45, 7) is 17.7. The molecule has 4 aromatic heterocycles. The van der Waals surface area contributed by atoms with E-state index < -0.39 is 5.97 Å². The Hall–Kier alpha value is -7.40. The molecule has 2 aliphatic rings. The zero-order chi connectivity index (χ0) is 47.2. The molecular weight excluding hydrogens is 835 g/mol. The standard InChI is InChI=1S/C56H59N7O4/c1-7-37-33(3)45-29-46-35(5)39(51(62-46)32-52-40(25-26-54(65)66)36(6)48(63-52)31-50-38(8-2)34(4)47(61-50)30-49(37)60-45)19-13-16-24-53(64)57-27-17-9-10-18-28-58-56(67)55-41-20-11-14-22-43(41)59-44-23-15-12-21-42(44)55/h7-8,11-12,14-15,20-23,29-32,60-61H,1-2,9-10,13,16-19,24-28H2,3-6H3,(H,57,64)(H,58,67)(H,65,66). The fraction of sp³-hybridized carbons (Fsp3) is 0.286. The van der Waals surface area contributed by atoms with E-state index in [9.17, 15) is 19.5 Å². The largest absolute Gasteiger partial charge is 0.481 e. The van der Waals surface area contributed by atoms with Gasteiger partial charge in [0.05, 0.1) is 39.4 Å². The van der Waals surface area contributed by atoms with Gasteiger partial charge in [0.15, 0.2) is 0 Å².